The molecule has 0 saturated carbocycles. The van der Waals surface area contributed by atoms with Crippen molar-refractivity contribution in [2.45, 2.75) is 81.7 Å². The number of benzene rings is 3. The van der Waals surface area contributed by atoms with Crippen molar-refractivity contribution in [3.8, 4) is 22.8 Å². The number of carbonyl (C=O) groups is 1. The van der Waals surface area contributed by atoms with E-state index in [-0.39, 0.29) is 42.1 Å². The Labute approximate surface area is 356 Å². The number of aromatic nitrogens is 3. The first-order valence-corrected chi connectivity index (χ1v) is 20.7. The van der Waals surface area contributed by atoms with E-state index in [4.69, 9.17) is 19.2 Å². The zero-order chi connectivity index (χ0) is 42.4. The molecule has 0 radical (unpaired) electrons. The van der Waals surface area contributed by atoms with Gasteiger partial charge in [0.15, 0.2) is 5.82 Å². The molecule has 1 amide bonds. The number of piperazine rings is 1. The average Bonchev–Trinajstić information content (AvgIpc) is 3.44. The Morgan fingerprint density at radius 1 is 0.881 bits per heavy atom. The van der Waals surface area contributed by atoms with E-state index in [1.165, 1.54) is 6.07 Å². The van der Waals surface area contributed by atoms with E-state index in [1.54, 1.807) is 57.8 Å². The second-order valence-electron chi connectivity index (χ2n) is 15.5. The molecular weight excluding hydrogens is 906 g/mol. The fourth-order valence-electron chi connectivity index (χ4n) is 7.60. The molecule has 2 atom stereocenters. The van der Waals surface area contributed by atoms with E-state index in [0.717, 1.165) is 11.1 Å². The van der Waals surface area contributed by atoms with Crippen molar-refractivity contribution < 1.29 is 41.0 Å². The molecule has 2 saturated heterocycles. The molecule has 7 rings (SSSR count). The Balaban J connectivity index is 1.34. The number of thioether (sulfide) groups is 1. The number of anilines is 2. The van der Waals surface area contributed by atoms with Crippen molar-refractivity contribution in [3.63, 3.8) is 0 Å². The summed E-state index contributed by atoms with van der Waals surface area (Å²) in [5.74, 6) is 0.494. The Kier molecular flexibility index (Phi) is 12.1. The lowest BCUT2D eigenvalue weighted by molar-refractivity contribution is -0.0328. The minimum absolute atomic E-state index is 0.0502. The number of alkyl halides is 3. The van der Waals surface area contributed by atoms with E-state index in [9.17, 15) is 18.0 Å². The first-order valence-electron chi connectivity index (χ1n) is 18.8. The van der Waals surface area contributed by atoms with Gasteiger partial charge in [-0.05, 0) is 128 Å². The Bertz CT molecular complexity index is 2300. The van der Waals surface area contributed by atoms with Crippen LogP contribution in [0.25, 0.3) is 22.2 Å². The number of methoxy groups -OCH3 is 2. The van der Waals surface area contributed by atoms with Crippen LogP contribution in [0.3, 0.4) is 0 Å². The molecule has 0 N–H and O–H groups in total. The van der Waals surface area contributed by atoms with Gasteiger partial charge < -0.3 is 24.0 Å². The second kappa shape index (κ2) is 16.8. The summed E-state index contributed by atoms with van der Waals surface area (Å²) in [5.41, 5.74) is -4.13. The summed E-state index contributed by atoms with van der Waals surface area (Å²) in [6.45, 7) is 8.12. The van der Waals surface area contributed by atoms with Crippen molar-refractivity contribution in [3.05, 3.63) is 92.8 Å². The van der Waals surface area contributed by atoms with Crippen LogP contribution in [-0.2, 0) is 17.8 Å². The van der Waals surface area contributed by atoms with Gasteiger partial charge in [-0.2, -0.15) is 27.5 Å². The van der Waals surface area contributed by atoms with Crippen molar-refractivity contribution >= 4 is 63.0 Å². The number of hydrogen-bond donors (Lipinski definition) is 0. The SMILES string of the molecule is COc1ccc(CN(Cc2ccc(OC)cc2)c2cc(C)c(I)c(-c3c(SC(F)(F)F)cc4c(N5CC6CCC(C5)N6C(=O)OC(C)(C)C)nc(F)nc4c3F)n2)cc1. The van der Waals surface area contributed by atoms with E-state index in [2.05, 4.69) is 9.97 Å². The molecule has 0 aliphatic carbocycles. The lowest BCUT2D eigenvalue weighted by atomic mass is 10.0. The standard InChI is InChI=1S/C42H42F5IN6O4S/c1-23-17-32(52(19-24-7-13-28(56-5)14-8-24)20-25-9-15-29(57-6)16-10-25)49-37(35(23)48)33-31(59-42(45,46)47)18-30-36(34(33)43)50-39(44)51-38(30)53-21-26-11-12-27(22-53)54(26)40(55)58-41(2,3)4/h7-10,13-18,26-27H,11-12,19-22H2,1-6H3. The van der Waals surface area contributed by atoms with Crippen molar-refractivity contribution in [1.29, 1.82) is 0 Å². The van der Waals surface area contributed by atoms with E-state index < -0.39 is 56.8 Å². The summed E-state index contributed by atoms with van der Waals surface area (Å²) >= 11 is 1.47. The zero-order valence-corrected chi connectivity index (χ0v) is 36.1. The molecule has 312 valence electrons. The number of hydrogen-bond acceptors (Lipinski definition) is 10. The molecule has 17 heteroatoms. The number of pyridine rings is 1. The maximum atomic E-state index is 17.3. The van der Waals surface area contributed by atoms with Gasteiger partial charge in [0, 0.05) is 40.0 Å². The van der Waals surface area contributed by atoms with Crippen LogP contribution in [0.1, 0.15) is 50.3 Å². The predicted molar refractivity (Wildman–Crippen MR) is 225 cm³/mol. The second-order valence-corrected chi connectivity index (χ2v) is 17.7. The number of ether oxygens (including phenoxy) is 3. The van der Waals surface area contributed by atoms with Gasteiger partial charge in [0.1, 0.15) is 34.3 Å². The Morgan fingerprint density at radius 2 is 1.44 bits per heavy atom. The highest BCUT2D eigenvalue weighted by Gasteiger charge is 2.45. The van der Waals surface area contributed by atoms with Crippen LogP contribution in [0.5, 0.6) is 11.5 Å². The summed E-state index contributed by atoms with van der Waals surface area (Å²) in [4.78, 5) is 30.7. The van der Waals surface area contributed by atoms with Gasteiger partial charge in [-0.3, -0.25) is 4.90 Å². The van der Waals surface area contributed by atoms with Gasteiger partial charge in [-0.15, -0.1) is 0 Å². The van der Waals surface area contributed by atoms with Crippen LogP contribution in [0, 0.1) is 22.4 Å². The smallest absolute Gasteiger partial charge is 0.446 e. The van der Waals surface area contributed by atoms with Gasteiger partial charge in [0.05, 0.1) is 37.6 Å². The molecule has 2 fully saturated rings. The van der Waals surface area contributed by atoms with E-state index >= 15 is 8.78 Å². The number of aryl methyl sites for hydroxylation is 1. The average molecular weight is 949 g/mol. The third kappa shape index (κ3) is 9.40. The summed E-state index contributed by atoms with van der Waals surface area (Å²) < 4.78 is 92.8. The molecule has 2 aliphatic rings. The molecule has 2 aromatic heterocycles. The van der Waals surface area contributed by atoms with E-state index in [0.29, 0.717) is 52.4 Å². The highest BCUT2D eigenvalue weighted by Crippen LogP contribution is 2.47. The van der Waals surface area contributed by atoms with Crippen LogP contribution in [0.2, 0.25) is 0 Å². The lowest BCUT2D eigenvalue weighted by Crippen LogP contribution is -2.57. The largest absolute Gasteiger partial charge is 0.497 e. The number of halogens is 6. The molecule has 10 nitrogen and oxygen atoms in total. The molecule has 5 aromatic rings. The van der Waals surface area contributed by atoms with Crippen LogP contribution in [-0.4, -0.2) is 76.4 Å². The molecule has 2 unspecified atom stereocenters. The fourth-order valence-corrected chi connectivity index (χ4v) is 8.86. The fraction of sp³-hybridized carbons (Fsp3) is 0.381. The van der Waals surface area contributed by atoms with Gasteiger partial charge in [0.2, 0.25) is 0 Å². The summed E-state index contributed by atoms with van der Waals surface area (Å²) in [7, 11) is 3.14. The molecule has 3 aromatic carbocycles. The third-order valence-corrected chi connectivity index (χ3v) is 12.3. The van der Waals surface area contributed by atoms with E-state index in [1.807, 2.05) is 76.0 Å². The number of nitrogens with zero attached hydrogens (tertiary/aromatic N) is 6. The van der Waals surface area contributed by atoms with Crippen molar-refractivity contribution in [2.75, 3.05) is 37.1 Å². The van der Waals surface area contributed by atoms with Crippen LogP contribution < -0.4 is 19.3 Å². The third-order valence-electron chi connectivity index (χ3n) is 10.2. The van der Waals surface area contributed by atoms with Gasteiger partial charge in [-0.25, -0.2) is 14.2 Å². The number of amides is 1. The number of carbonyl (C=O) groups excluding carboxylic acids is 1. The molecular formula is C42H42F5IN6O4S. The monoisotopic (exact) mass is 948 g/mol. The van der Waals surface area contributed by atoms with Crippen LogP contribution in [0.4, 0.5) is 38.4 Å². The molecule has 0 spiro atoms. The Hall–Kier alpha value is -4.65. The van der Waals surface area contributed by atoms with Gasteiger partial charge in [-0.1, -0.05) is 24.3 Å². The minimum atomic E-state index is -4.83. The molecule has 2 bridgehead atoms. The summed E-state index contributed by atoms with van der Waals surface area (Å²) in [5, 5.41) is -0.0898. The molecule has 2 aliphatic heterocycles. The summed E-state index contributed by atoms with van der Waals surface area (Å²) in [6.07, 6.45) is -0.455. The van der Waals surface area contributed by atoms with Crippen LogP contribution in [0.15, 0.2) is 65.6 Å². The van der Waals surface area contributed by atoms with Crippen molar-refractivity contribution in [2.24, 2.45) is 0 Å². The maximum Gasteiger partial charge on any atom is 0.446 e. The highest BCUT2D eigenvalue weighted by molar-refractivity contribution is 14.1. The maximum absolute atomic E-state index is 17.3. The minimum Gasteiger partial charge on any atom is -0.497 e. The molecule has 4 heterocycles. The lowest BCUT2D eigenvalue weighted by Gasteiger charge is -2.42. The zero-order valence-electron chi connectivity index (χ0n) is 33.2. The first kappa shape index (κ1) is 42.5. The normalized spacial score (nSPS) is 16.7. The van der Waals surface area contributed by atoms with Gasteiger partial charge in [0.25, 0.3) is 0 Å². The number of rotatable bonds is 10. The predicted octanol–water partition coefficient (Wildman–Crippen LogP) is 10.3. The topological polar surface area (TPSA) is 93.2 Å². The highest BCUT2D eigenvalue weighted by atomic mass is 127. The Morgan fingerprint density at radius 3 is 1.95 bits per heavy atom. The van der Waals surface area contributed by atoms with Crippen LogP contribution >= 0.6 is 34.4 Å². The first-order chi connectivity index (χ1) is 27.9. The number of fused-ring (bicyclic) bond motifs is 3. The van der Waals surface area contributed by atoms with Crippen molar-refractivity contribution in [1.82, 2.24) is 19.9 Å². The summed E-state index contributed by atoms with van der Waals surface area (Å²) in [6, 6.07) is 17.2. The van der Waals surface area contributed by atoms with Gasteiger partial charge >= 0.3 is 17.7 Å². The quantitative estimate of drug-likeness (QED) is 0.0583. The molecule has 59 heavy (non-hydrogen) atoms.